The van der Waals surface area contributed by atoms with Gasteiger partial charge in [0, 0.05) is 12.2 Å². The largest absolute Gasteiger partial charge is 0.497 e. The lowest BCUT2D eigenvalue weighted by Gasteiger charge is -2.33. The summed E-state index contributed by atoms with van der Waals surface area (Å²) in [6, 6.07) is 13.6. The summed E-state index contributed by atoms with van der Waals surface area (Å²) in [5.74, 6) is 0.420. The van der Waals surface area contributed by atoms with Crippen LogP contribution in [-0.4, -0.2) is 40.3 Å². The Balaban J connectivity index is 1.98. The Hall–Kier alpha value is -2.54. The molecule has 0 aromatic heterocycles. The van der Waals surface area contributed by atoms with Gasteiger partial charge in [-0.2, -0.15) is 0 Å². The normalized spacial score (nSPS) is 14.6. The lowest BCUT2D eigenvalue weighted by molar-refractivity contribution is -0.119. The first-order valence-corrected chi connectivity index (χ1v) is 10.7. The van der Waals surface area contributed by atoms with E-state index in [-0.39, 0.29) is 5.91 Å². The number of carbonyl (C=O) groups excluding carboxylic acids is 1. The molecule has 0 bridgehead atoms. The van der Waals surface area contributed by atoms with Gasteiger partial charge >= 0.3 is 0 Å². The van der Waals surface area contributed by atoms with Crippen LogP contribution in [0.3, 0.4) is 0 Å². The molecule has 1 aliphatic heterocycles. The maximum Gasteiger partial charge on any atom is 0.250 e. The van der Waals surface area contributed by atoms with Crippen molar-refractivity contribution in [1.82, 2.24) is 0 Å². The van der Waals surface area contributed by atoms with E-state index < -0.39 is 16.1 Å². The number of methoxy groups -OCH3 is 1. The number of hydrogen-bond donors (Lipinski definition) is 0. The number of benzene rings is 2. The van der Waals surface area contributed by atoms with E-state index in [1.165, 1.54) is 4.31 Å². The Morgan fingerprint density at radius 1 is 1.19 bits per heavy atom. The molecule has 144 valence electrons. The Kier molecular flexibility index (Phi) is 5.41. The van der Waals surface area contributed by atoms with Crippen LogP contribution in [0.5, 0.6) is 5.75 Å². The number of amides is 1. The minimum Gasteiger partial charge on any atom is -0.497 e. The molecular formula is C20H24N2O4S. The van der Waals surface area contributed by atoms with Crippen molar-refractivity contribution in [3.8, 4) is 5.75 Å². The summed E-state index contributed by atoms with van der Waals surface area (Å²) in [7, 11) is -2.11. The number of ether oxygens (including phenoxy) is 1. The molecule has 0 N–H and O–H groups in total. The third-order valence-corrected chi connectivity index (χ3v) is 5.97. The molecule has 0 saturated carbocycles. The van der Waals surface area contributed by atoms with E-state index in [4.69, 9.17) is 4.74 Å². The van der Waals surface area contributed by atoms with Crippen molar-refractivity contribution >= 4 is 27.3 Å². The van der Waals surface area contributed by atoms with Crippen LogP contribution in [0.15, 0.2) is 48.5 Å². The molecule has 2 aromatic rings. The smallest absolute Gasteiger partial charge is 0.250 e. The Bertz CT molecular complexity index is 925. The summed E-state index contributed by atoms with van der Waals surface area (Å²) in [6.07, 6.45) is 2.28. The van der Waals surface area contributed by atoms with Gasteiger partial charge in [0.05, 0.1) is 19.1 Å². The molecule has 0 spiro atoms. The molecule has 1 amide bonds. The fraction of sp³-hybridized carbons (Fsp3) is 0.350. The number of sulfonamides is 1. The second-order valence-electron chi connectivity index (χ2n) is 6.55. The molecule has 0 saturated heterocycles. The molecule has 3 rings (SSSR count). The summed E-state index contributed by atoms with van der Waals surface area (Å²) in [4.78, 5) is 15.0. The van der Waals surface area contributed by atoms with Gasteiger partial charge in [-0.3, -0.25) is 9.10 Å². The maximum absolute atomic E-state index is 13.3. The van der Waals surface area contributed by atoms with Gasteiger partial charge in [-0.25, -0.2) is 8.42 Å². The molecule has 1 heterocycles. The molecule has 0 radical (unpaired) electrons. The lowest BCUT2D eigenvalue weighted by atomic mass is 10.1. The highest BCUT2D eigenvalue weighted by atomic mass is 32.2. The third kappa shape index (κ3) is 3.78. The van der Waals surface area contributed by atoms with Crippen LogP contribution in [0.1, 0.15) is 18.9 Å². The fourth-order valence-corrected chi connectivity index (χ4v) is 4.73. The molecule has 7 heteroatoms. The van der Waals surface area contributed by atoms with E-state index in [9.17, 15) is 13.2 Å². The predicted octanol–water partition coefficient (Wildman–Crippen LogP) is 2.83. The molecule has 0 unspecified atom stereocenters. The SMILES string of the molecule is CC[C@@H](C(=O)N1CCc2ccccc21)N(c1ccc(OC)cc1)S(C)(=O)=O. The number of fused-ring (bicyclic) bond motifs is 1. The summed E-state index contributed by atoms with van der Waals surface area (Å²) in [5, 5.41) is 0. The Labute approximate surface area is 160 Å². The molecule has 0 fully saturated rings. The second kappa shape index (κ2) is 7.60. The van der Waals surface area contributed by atoms with E-state index in [1.807, 2.05) is 31.2 Å². The zero-order chi connectivity index (χ0) is 19.6. The van der Waals surface area contributed by atoms with Crippen LogP contribution in [0, 0.1) is 0 Å². The number of rotatable bonds is 6. The highest BCUT2D eigenvalue weighted by Gasteiger charge is 2.36. The van der Waals surface area contributed by atoms with E-state index in [0.29, 0.717) is 24.4 Å². The predicted molar refractivity (Wildman–Crippen MR) is 107 cm³/mol. The van der Waals surface area contributed by atoms with Crippen molar-refractivity contribution in [3.05, 3.63) is 54.1 Å². The van der Waals surface area contributed by atoms with Crippen molar-refractivity contribution in [1.29, 1.82) is 0 Å². The summed E-state index contributed by atoms with van der Waals surface area (Å²) < 4.78 is 31.5. The highest BCUT2D eigenvalue weighted by molar-refractivity contribution is 7.92. The van der Waals surface area contributed by atoms with Gasteiger partial charge in [0.2, 0.25) is 10.0 Å². The number of carbonyl (C=O) groups is 1. The molecule has 1 aliphatic rings. The van der Waals surface area contributed by atoms with Gasteiger partial charge in [0.15, 0.2) is 0 Å². The van der Waals surface area contributed by atoms with Gasteiger partial charge in [-0.05, 0) is 48.7 Å². The molecule has 1 atom stereocenters. The van der Waals surface area contributed by atoms with Gasteiger partial charge in [-0.1, -0.05) is 25.1 Å². The maximum atomic E-state index is 13.3. The first kappa shape index (κ1) is 19.2. The van der Waals surface area contributed by atoms with E-state index >= 15 is 0 Å². The van der Waals surface area contributed by atoms with Gasteiger partial charge in [-0.15, -0.1) is 0 Å². The summed E-state index contributed by atoms with van der Waals surface area (Å²) >= 11 is 0. The molecule has 0 aliphatic carbocycles. The van der Waals surface area contributed by atoms with Crippen LogP contribution >= 0.6 is 0 Å². The fourth-order valence-electron chi connectivity index (χ4n) is 3.52. The van der Waals surface area contributed by atoms with Crippen molar-refractivity contribution < 1.29 is 17.9 Å². The highest BCUT2D eigenvalue weighted by Crippen LogP contribution is 2.31. The van der Waals surface area contributed by atoms with E-state index in [2.05, 4.69) is 0 Å². The molecule has 2 aromatic carbocycles. The molecule has 27 heavy (non-hydrogen) atoms. The van der Waals surface area contributed by atoms with Gasteiger partial charge in [0.25, 0.3) is 5.91 Å². The minimum atomic E-state index is -3.66. The average molecular weight is 388 g/mol. The molecular weight excluding hydrogens is 364 g/mol. The van der Waals surface area contributed by atoms with Gasteiger partial charge < -0.3 is 9.64 Å². The van der Waals surface area contributed by atoms with Crippen LogP contribution in [0.4, 0.5) is 11.4 Å². The van der Waals surface area contributed by atoms with Crippen molar-refractivity contribution in [2.24, 2.45) is 0 Å². The summed E-state index contributed by atoms with van der Waals surface area (Å²) in [5.41, 5.74) is 2.42. The number of para-hydroxylation sites is 1. The van der Waals surface area contributed by atoms with Crippen molar-refractivity contribution in [2.75, 3.05) is 29.1 Å². The second-order valence-corrected chi connectivity index (χ2v) is 8.41. The first-order chi connectivity index (χ1) is 12.9. The number of hydrogen-bond acceptors (Lipinski definition) is 4. The van der Waals surface area contributed by atoms with Crippen molar-refractivity contribution in [2.45, 2.75) is 25.8 Å². The first-order valence-electron chi connectivity index (χ1n) is 8.89. The van der Waals surface area contributed by atoms with Crippen molar-refractivity contribution in [3.63, 3.8) is 0 Å². The standard InChI is InChI=1S/C20H24N2O4S/c1-4-18(20(23)21-14-13-15-7-5-6-8-19(15)21)22(27(3,24)25)16-9-11-17(26-2)12-10-16/h5-12,18H,4,13-14H2,1-3H3/t18-/m0/s1. The van der Waals surface area contributed by atoms with E-state index in [1.54, 1.807) is 36.3 Å². The minimum absolute atomic E-state index is 0.205. The monoisotopic (exact) mass is 388 g/mol. The average Bonchev–Trinajstić information content (AvgIpc) is 3.09. The van der Waals surface area contributed by atoms with Crippen LogP contribution in [-0.2, 0) is 21.2 Å². The van der Waals surface area contributed by atoms with E-state index in [0.717, 1.165) is 23.9 Å². The van der Waals surface area contributed by atoms with Crippen LogP contribution in [0.25, 0.3) is 0 Å². The Morgan fingerprint density at radius 2 is 1.85 bits per heavy atom. The number of anilines is 2. The zero-order valence-electron chi connectivity index (χ0n) is 15.8. The van der Waals surface area contributed by atoms with Crippen LogP contribution in [0.2, 0.25) is 0 Å². The Morgan fingerprint density at radius 3 is 2.44 bits per heavy atom. The summed E-state index contributed by atoms with van der Waals surface area (Å²) in [6.45, 7) is 2.39. The van der Waals surface area contributed by atoms with Crippen LogP contribution < -0.4 is 13.9 Å². The lowest BCUT2D eigenvalue weighted by Crippen LogP contribution is -2.50. The third-order valence-electron chi connectivity index (χ3n) is 4.79. The topological polar surface area (TPSA) is 66.9 Å². The van der Waals surface area contributed by atoms with Gasteiger partial charge in [0.1, 0.15) is 11.8 Å². The zero-order valence-corrected chi connectivity index (χ0v) is 16.6. The quantitative estimate of drug-likeness (QED) is 0.763. The molecule has 6 nitrogen and oxygen atoms in total. The number of nitrogens with zero attached hydrogens (tertiary/aromatic N) is 2.